The molecular weight excluding hydrogens is 316 g/mol. The highest BCUT2D eigenvalue weighted by Gasteiger charge is 2.45. The summed E-state index contributed by atoms with van der Waals surface area (Å²) in [4.78, 5) is 11.3. The molecule has 0 amide bonds. The zero-order valence-electron chi connectivity index (χ0n) is 15.8. The van der Waals surface area contributed by atoms with Gasteiger partial charge < -0.3 is 10.4 Å². The number of hydrogen-bond acceptors (Lipinski definition) is 5. The summed E-state index contributed by atoms with van der Waals surface area (Å²) in [5.41, 5.74) is 1.97. The number of fused-ring (bicyclic) bond motifs is 3. The zero-order chi connectivity index (χ0) is 17.9. The van der Waals surface area contributed by atoms with Gasteiger partial charge in [0.05, 0.1) is 19.2 Å². The summed E-state index contributed by atoms with van der Waals surface area (Å²) < 4.78 is 4.31. The van der Waals surface area contributed by atoms with Gasteiger partial charge in [-0.15, -0.1) is 4.98 Å². The Hall–Kier alpha value is -1.89. The molecule has 2 heterocycles. The number of aliphatic hydroxyl groups excluding tert-OH is 1. The fourth-order valence-electron chi connectivity index (χ4n) is 4.75. The normalized spacial score (nSPS) is 28.3. The number of aliphatic hydroxyl groups is 1. The molecule has 0 unspecified atom stereocenters. The van der Waals surface area contributed by atoms with Crippen molar-refractivity contribution in [1.82, 2.24) is 14.5 Å². The Balaban J connectivity index is 1.72. The maximum atomic E-state index is 10.0. The molecule has 4 rings (SSSR count). The third kappa shape index (κ3) is 2.47. The van der Waals surface area contributed by atoms with Crippen molar-refractivity contribution < 1.29 is 9.67 Å². The molecule has 2 aliphatic carbocycles. The molecule has 2 aromatic rings. The number of rotatable bonds is 4. The van der Waals surface area contributed by atoms with E-state index in [9.17, 15) is 5.11 Å². The molecule has 0 aliphatic heterocycles. The minimum Gasteiger partial charge on any atom is -0.393 e. The van der Waals surface area contributed by atoms with Crippen molar-refractivity contribution in [3.05, 3.63) is 6.33 Å². The van der Waals surface area contributed by atoms with Crippen LogP contribution in [0.2, 0.25) is 0 Å². The highest BCUT2D eigenvalue weighted by atomic mass is 16.3. The molecule has 2 aromatic heterocycles. The Morgan fingerprint density at radius 3 is 2.64 bits per heavy atom. The minimum atomic E-state index is -0.104. The summed E-state index contributed by atoms with van der Waals surface area (Å²) in [6.07, 6.45) is 4.62. The lowest BCUT2D eigenvalue weighted by atomic mass is 9.93. The fourth-order valence-corrected chi connectivity index (χ4v) is 4.75. The van der Waals surface area contributed by atoms with Crippen molar-refractivity contribution in [1.29, 1.82) is 0 Å². The number of anilines is 2. The van der Waals surface area contributed by atoms with E-state index in [1.54, 1.807) is 6.33 Å². The molecule has 2 aliphatic rings. The van der Waals surface area contributed by atoms with E-state index < -0.39 is 0 Å². The Labute approximate surface area is 148 Å². The van der Waals surface area contributed by atoms with Crippen molar-refractivity contribution in [2.75, 3.05) is 17.3 Å². The van der Waals surface area contributed by atoms with Crippen LogP contribution in [-0.2, 0) is 14.1 Å². The van der Waals surface area contributed by atoms with Crippen molar-refractivity contribution in [3.8, 4) is 0 Å². The van der Waals surface area contributed by atoms with Crippen LogP contribution < -0.4 is 14.8 Å². The number of aromatic nitrogens is 4. The van der Waals surface area contributed by atoms with Crippen LogP contribution in [0.1, 0.15) is 33.1 Å². The van der Waals surface area contributed by atoms with E-state index >= 15 is 0 Å². The Morgan fingerprint density at radius 2 is 2.04 bits per heavy atom. The van der Waals surface area contributed by atoms with Crippen LogP contribution in [-0.4, -0.2) is 44.9 Å². The molecule has 4 atom stereocenters. The number of hydrogen-bond donors (Lipinski definition) is 2. The monoisotopic (exact) mass is 345 g/mol. The number of nitrogens with one attached hydrogen (secondary N) is 1. The average molecular weight is 345 g/mol. The number of nitrogens with zero attached hydrogens (tertiary/aromatic N) is 5. The molecule has 25 heavy (non-hydrogen) atoms. The maximum absolute atomic E-state index is 10.0. The van der Waals surface area contributed by atoms with Crippen LogP contribution >= 0.6 is 0 Å². The lowest BCUT2D eigenvalue weighted by Crippen LogP contribution is -2.40. The zero-order valence-corrected chi connectivity index (χ0v) is 15.8. The van der Waals surface area contributed by atoms with Crippen LogP contribution in [0.4, 0.5) is 11.8 Å². The van der Waals surface area contributed by atoms with Crippen LogP contribution in [0.5, 0.6) is 0 Å². The smallest absolute Gasteiger partial charge is 0.319 e. The van der Waals surface area contributed by atoms with Gasteiger partial charge in [0, 0.05) is 20.1 Å². The van der Waals surface area contributed by atoms with E-state index in [-0.39, 0.29) is 6.10 Å². The van der Waals surface area contributed by atoms with Gasteiger partial charge in [-0.05, 0) is 44.9 Å². The lowest BCUT2D eigenvalue weighted by Gasteiger charge is -2.26. The predicted octanol–water partition coefficient (Wildman–Crippen LogP) is 1.21. The van der Waals surface area contributed by atoms with E-state index in [1.165, 1.54) is 0 Å². The summed E-state index contributed by atoms with van der Waals surface area (Å²) >= 11 is 0. The predicted molar refractivity (Wildman–Crippen MR) is 97.5 cm³/mol. The molecule has 0 radical (unpaired) electrons. The molecular formula is C18H29N6O+. The van der Waals surface area contributed by atoms with Gasteiger partial charge in [-0.25, -0.2) is 14.1 Å². The highest BCUT2D eigenvalue weighted by Crippen LogP contribution is 2.46. The van der Waals surface area contributed by atoms with E-state index in [0.717, 1.165) is 42.2 Å². The van der Waals surface area contributed by atoms with Gasteiger partial charge in [-0.3, -0.25) is 4.90 Å². The van der Waals surface area contributed by atoms with E-state index in [0.29, 0.717) is 23.9 Å². The molecule has 2 bridgehead atoms. The SMILES string of the molecule is CC(C)N(C)c1n(C)c2c(N[C@H]3C[C@@H]4C[C@H]3C[C@@H]4O)ncnc2[n+]1C. The molecule has 0 spiro atoms. The molecule has 2 fully saturated rings. The summed E-state index contributed by atoms with van der Waals surface area (Å²) in [5.74, 6) is 3.01. The molecule has 2 N–H and O–H groups in total. The van der Waals surface area contributed by atoms with Gasteiger partial charge in [0.1, 0.15) is 0 Å². The maximum Gasteiger partial charge on any atom is 0.319 e. The third-order valence-corrected chi connectivity index (χ3v) is 6.29. The topological polar surface area (TPSA) is 70.1 Å². The second-order valence-corrected chi connectivity index (χ2v) is 8.06. The van der Waals surface area contributed by atoms with Crippen LogP contribution in [0.25, 0.3) is 11.2 Å². The second kappa shape index (κ2) is 5.83. The summed E-state index contributed by atoms with van der Waals surface area (Å²) in [6.45, 7) is 4.37. The first kappa shape index (κ1) is 16.6. The molecule has 7 heteroatoms. The van der Waals surface area contributed by atoms with Gasteiger partial charge in [0.15, 0.2) is 17.7 Å². The van der Waals surface area contributed by atoms with Gasteiger partial charge in [0.2, 0.25) is 0 Å². The van der Waals surface area contributed by atoms with Gasteiger partial charge in [0.25, 0.3) is 5.65 Å². The fraction of sp³-hybridized carbons (Fsp3) is 0.722. The van der Waals surface area contributed by atoms with Crippen LogP contribution in [0, 0.1) is 11.8 Å². The van der Waals surface area contributed by atoms with Crippen molar-refractivity contribution in [3.63, 3.8) is 0 Å². The first-order chi connectivity index (χ1) is 11.9. The largest absolute Gasteiger partial charge is 0.393 e. The Kier molecular flexibility index (Phi) is 3.86. The molecule has 0 aromatic carbocycles. The van der Waals surface area contributed by atoms with Crippen LogP contribution in [0.15, 0.2) is 6.33 Å². The number of aryl methyl sites for hydroxylation is 2. The Morgan fingerprint density at radius 1 is 1.28 bits per heavy atom. The molecule has 7 nitrogen and oxygen atoms in total. The van der Waals surface area contributed by atoms with Gasteiger partial charge in [-0.1, -0.05) is 0 Å². The standard InChI is InChI=1S/C18H29N6O/c1-10(2)22(3)18-23(4)15-16(19-9-20-17(15)24(18)5)21-13-7-12-6-11(13)8-14(12)25/h9-14,25H,6-8H2,1-5H3,(H,19,20,21)/q+1/t11-,12-,13-,14-/m0/s1. The minimum absolute atomic E-state index is 0.104. The van der Waals surface area contributed by atoms with Crippen molar-refractivity contribution in [2.24, 2.45) is 25.9 Å². The lowest BCUT2D eigenvalue weighted by molar-refractivity contribution is -0.634. The summed E-state index contributed by atoms with van der Waals surface area (Å²) in [5, 5.41) is 13.7. The summed E-state index contributed by atoms with van der Waals surface area (Å²) in [6, 6.07) is 0.795. The first-order valence-electron chi connectivity index (χ1n) is 9.25. The van der Waals surface area contributed by atoms with Crippen molar-refractivity contribution >= 4 is 22.9 Å². The number of imidazole rings is 1. The Bertz CT molecular complexity index is 798. The third-order valence-electron chi connectivity index (χ3n) is 6.29. The molecule has 136 valence electrons. The van der Waals surface area contributed by atoms with E-state index in [2.05, 4.69) is 64.3 Å². The van der Waals surface area contributed by atoms with Crippen LogP contribution in [0.3, 0.4) is 0 Å². The quantitative estimate of drug-likeness (QED) is 0.815. The average Bonchev–Trinajstić information content (AvgIpc) is 3.20. The molecule has 2 saturated carbocycles. The van der Waals surface area contributed by atoms with Gasteiger partial charge in [-0.2, -0.15) is 0 Å². The first-order valence-corrected chi connectivity index (χ1v) is 9.25. The van der Waals surface area contributed by atoms with Crippen molar-refractivity contribution in [2.45, 2.75) is 51.3 Å². The van der Waals surface area contributed by atoms with E-state index in [4.69, 9.17) is 0 Å². The van der Waals surface area contributed by atoms with Gasteiger partial charge >= 0.3 is 5.95 Å². The highest BCUT2D eigenvalue weighted by molar-refractivity contribution is 5.82. The molecule has 0 saturated heterocycles. The van der Waals surface area contributed by atoms with E-state index in [1.807, 2.05) is 0 Å². The second-order valence-electron chi connectivity index (χ2n) is 8.06. The summed E-state index contributed by atoms with van der Waals surface area (Å²) in [7, 11) is 6.24.